The van der Waals surface area contributed by atoms with Gasteiger partial charge in [-0.25, -0.2) is 10.2 Å². The van der Waals surface area contributed by atoms with Crippen molar-refractivity contribution in [1.29, 1.82) is 0 Å². The van der Waals surface area contributed by atoms with Crippen LogP contribution in [-0.4, -0.2) is 81.5 Å². The molecule has 0 spiro atoms. The normalized spacial score (nSPS) is 22.2. The molecule has 1 aliphatic heterocycles. The molecule has 7 nitrogen and oxygen atoms in total. The van der Waals surface area contributed by atoms with Crippen LogP contribution in [0.3, 0.4) is 0 Å². The van der Waals surface area contributed by atoms with Crippen LogP contribution in [0.25, 0.3) is 0 Å². The first-order chi connectivity index (χ1) is 9.32. The number of nitrogens with zero attached hydrogens (tertiary/aromatic N) is 5. The van der Waals surface area contributed by atoms with Gasteiger partial charge in [0.25, 0.3) is 6.02 Å². The fourth-order valence-electron chi connectivity index (χ4n) is 1.66. The van der Waals surface area contributed by atoms with Crippen LogP contribution in [0, 0.1) is 0 Å². The number of nitrogens with one attached hydrogen (secondary N) is 1. The lowest BCUT2D eigenvalue weighted by molar-refractivity contribution is -0.101. The van der Waals surface area contributed by atoms with Gasteiger partial charge in [-0.1, -0.05) is 13.3 Å². The Hall–Kier alpha value is -1.34. The van der Waals surface area contributed by atoms with Gasteiger partial charge in [-0.3, -0.25) is 0 Å². The molecule has 0 aromatic carbocycles. The second-order valence-electron chi connectivity index (χ2n) is 5.48. The summed E-state index contributed by atoms with van der Waals surface area (Å²) >= 11 is 0. The van der Waals surface area contributed by atoms with Crippen LogP contribution < -0.4 is 5.32 Å². The number of aliphatic imine (C=N–C) groups is 2. The summed E-state index contributed by atoms with van der Waals surface area (Å²) in [6.07, 6.45) is 2.19. The van der Waals surface area contributed by atoms with Crippen LogP contribution in [0.15, 0.2) is 9.98 Å². The van der Waals surface area contributed by atoms with E-state index in [0.29, 0.717) is 12.0 Å². The third-order valence-electron chi connectivity index (χ3n) is 2.96. The van der Waals surface area contributed by atoms with Crippen molar-refractivity contribution in [1.82, 2.24) is 20.0 Å². The van der Waals surface area contributed by atoms with Gasteiger partial charge in [0, 0.05) is 34.7 Å². The molecule has 1 atom stereocenters. The number of ether oxygens (including phenoxy) is 1. The fourth-order valence-corrected chi connectivity index (χ4v) is 1.66. The monoisotopic (exact) mass is 284 g/mol. The predicted octanol–water partition coefficient (Wildman–Crippen LogP) is 0.414. The van der Waals surface area contributed by atoms with E-state index in [1.165, 1.54) is 0 Å². The molecule has 0 saturated carbocycles. The van der Waals surface area contributed by atoms with Crippen molar-refractivity contribution in [2.45, 2.75) is 25.7 Å². The van der Waals surface area contributed by atoms with Crippen LogP contribution in [0.2, 0.25) is 0 Å². The first-order valence-electron chi connectivity index (χ1n) is 6.97. The Morgan fingerprint density at radius 2 is 1.75 bits per heavy atom. The molecule has 1 heterocycles. The molecule has 1 rings (SSSR count). The van der Waals surface area contributed by atoms with E-state index in [4.69, 9.17) is 4.74 Å². The van der Waals surface area contributed by atoms with E-state index in [0.717, 1.165) is 19.4 Å². The number of unbranched alkanes of at least 4 members (excludes halogenated alkanes) is 1. The lowest BCUT2D eigenvalue weighted by atomic mass is 10.3. The van der Waals surface area contributed by atoms with Gasteiger partial charge in [-0.2, -0.15) is 9.98 Å². The maximum atomic E-state index is 6.00. The van der Waals surface area contributed by atoms with Gasteiger partial charge >= 0.3 is 5.97 Å². The molecule has 0 aromatic rings. The minimum absolute atomic E-state index is 0.543. The number of hydrogen-bond acceptors (Lipinski definition) is 7. The SMILES string of the molecule is CCCCNC1(N(C)C)N=C(N(C)C)N=C(N(C)C)O1. The van der Waals surface area contributed by atoms with E-state index < -0.39 is 5.97 Å². The van der Waals surface area contributed by atoms with Crippen molar-refractivity contribution in [3.63, 3.8) is 0 Å². The maximum Gasteiger partial charge on any atom is 0.329 e. The number of amidine groups is 1. The molecule has 0 saturated heterocycles. The first kappa shape index (κ1) is 16.7. The van der Waals surface area contributed by atoms with Crippen molar-refractivity contribution >= 4 is 12.0 Å². The molecule has 0 fully saturated rings. The fraction of sp³-hybridized carbons (Fsp3) is 0.846. The van der Waals surface area contributed by atoms with Crippen LogP contribution in [-0.2, 0) is 4.74 Å². The predicted molar refractivity (Wildman–Crippen MR) is 82.7 cm³/mol. The van der Waals surface area contributed by atoms with Gasteiger partial charge in [-0.15, -0.1) is 0 Å². The first-order valence-corrected chi connectivity index (χ1v) is 6.97. The van der Waals surface area contributed by atoms with Crippen molar-refractivity contribution in [3.05, 3.63) is 0 Å². The summed E-state index contributed by atoms with van der Waals surface area (Å²) in [5.41, 5.74) is 0. The second kappa shape index (κ2) is 6.90. The van der Waals surface area contributed by atoms with E-state index in [2.05, 4.69) is 22.2 Å². The van der Waals surface area contributed by atoms with E-state index in [-0.39, 0.29) is 0 Å². The van der Waals surface area contributed by atoms with E-state index >= 15 is 0 Å². The minimum Gasteiger partial charge on any atom is -0.408 e. The Bertz CT molecular complexity index is 377. The molecule has 116 valence electrons. The smallest absolute Gasteiger partial charge is 0.329 e. The molecule has 7 heteroatoms. The summed E-state index contributed by atoms with van der Waals surface area (Å²) < 4.78 is 6.00. The number of rotatable bonds is 5. The van der Waals surface area contributed by atoms with Gasteiger partial charge in [0.15, 0.2) is 0 Å². The summed E-state index contributed by atoms with van der Waals surface area (Å²) in [5.74, 6) is -0.270. The molecule has 1 aliphatic rings. The average Bonchev–Trinajstić information content (AvgIpc) is 2.38. The van der Waals surface area contributed by atoms with Crippen molar-refractivity contribution < 1.29 is 4.74 Å². The van der Waals surface area contributed by atoms with Crippen molar-refractivity contribution in [3.8, 4) is 0 Å². The van der Waals surface area contributed by atoms with Crippen molar-refractivity contribution in [2.75, 3.05) is 48.8 Å². The van der Waals surface area contributed by atoms with E-state index in [1.54, 1.807) is 0 Å². The van der Waals surface area contributed by atoms with E-state index in [1.807, 2.05) is 57.0 Å². The van der Waals surface area contributed by atoms with Gasteiger partial charge in [0.05, 0.1) is 0 Å². The van der Waals surface area contributed by atoms with Crippen LogP contribution in [0.4, 0.5) is 0 Å². The van der Waals surface area contributed by atoms with Gasteiger partial charge in [0.1, 0.15) is 0 Å². The molecule has 0 amide bonds. The highest BCUT2D eigenvalue weighted by molar-refractivity contribution is 5.93. The summed E-state index contributed by atoms with van der Waals surface area (Å²) in [7, 11) is 11.5. The molecular weight excluding hydrogens is 256 g/mol. The highest BCUT2D eigenvalue weighted by atomic mass is 16.6. The largest absolute Gasteiger partial charge is 0.408 e. The minimum atomic E-state index is -0.907. The Morgan fingerprint density at radius 1 is 1.10 bits per heavy atom. The molecule has 0 bridgehead atoms. The third-order valence-corrected chi connectivity index (χ3v) is 2.96. The zero-order chi connectivity index (χ0) is 15.3. The maximum absolute atomic E-state index is 6.00. The topological polar surface area (TPSA) is 55.7 Å². The Morgan fingerprint density at radius 3 is 2.20 bits per heavy atom. The molecule has 0 aromatic heterocycles. The average molecular weight is 284 g/mol. The lowest BCUT2D eigenvalue weighted by Crippen LogP contribution is -2.61. The highest BCUT2D eigenvalue weighted by Gasteiger charge is 2.40. The Balaban J connectivity index is 3.07. The Labute approximate surface area is 122 Å². The zero-order valence-corrected chi connectivity index (χ0v) is 13.8. The molecular formula is C13H28N6O. The second-order valence-corrected chi connectivity index (χ2v) is 5.48. The van der Waals surface area contributed by atoms with E-state index in [9.17, 15) is 0 Å². The quantitative estimate of drug-likeness (QED) is 0.585. The zero-order valence-electron chi connectivity index (χ0n) is 13.8. The third kappa shape index (κ3) is 3.83. The Kier molecular flexibility index (Phi) is 5.76. The lowest BCUT2D eigenvalue weighted by Gasteiger charge is -2.40. The van der Waals surface area contributed by atoms with Crippen LogP contribution in [0.1, 0.15) is 19.8 Å². The van der Waals surface area contributed by atoms with Gasteiger partial charge < -0.3 is 14.5 Å². The molecule has 1 N–H and O–H groups in total. The summed E-state index contributed by atoms with van der Waals surface area (Å²) in [5, 5.41) is 3.39. The molecule has 1 unspecified atom stereocenters. The van der Waals surface area contributed by atoms with Gasteiger partial charge in [-0.05, 0) is 20.5 Å². The molecule has 20 heavy (non-hydrogen) atoms. The summed E-state index contributed by atoms with van der Waals surface area (Å²) in [6.45, 7) is 2.99. The summed E-state index contributed by atoms with van der Waals surface area (Å²) in [4.78, 5) is 14.7. The van der Waals surface area contributed by atoms with Gasteiger partial charge in [0.2, 0.25) is 5.96 Å². The molecule has 0 aliphatic carbocycles. The summed E-state index contributed by atoms with van der Waals surface area (Å²) in [6, 6.07) is 0.543. The van der Waals surface area contributed by atoms with Crippen molar-refractivity contribution in [2.24, 2.45) is 9.98 Å². The number of hydrogen-bond donors (Lipinski definition) is 1. The van der Waals surface area contributed by atoms with Crippen LogP contribution >= 0.6 is 0 Å². The highest BCUT2D eigenvalue weighted by Crippen LogP contribution is 2.19. The van der Waals surface area contributed by atoms with Crippen LogP contribution in [0.5, 0.6) is 0 Å². The number of guanidine groups is 1. The standard InChI is InChI=1S/C13H28N6O/c1-8-9-10-14-13(19(6)7)16-11(17(2)3)15-12(20-13)18(4)5/h14H,8-10H2,1-7H3. The molecule has 0 radical (unpaired) electrons.